The molecule has 0 spiro atoms. The van der Waals surface area contributed by atoms with E-state index in [1.807, 2.05) is 48.5 Å². The van der Waals surface area contributed by atoms with Gasteiger partial charge in [0.2, 0.25) is 5.91 Å². The number of ether oxygens (including phenoxy) is 1. The molecule has 35 heavy (non-hydrogen) atoms. The second-order valence-corrected chi connectivity index (χ2v) is 9.75. The number of rotatable bonds is 9. The molecule has 2 N–H and O–H groups in total. The highest BCUT2D eigenvalue weighted by Gasteiger charge is 2.10. The number of likely N-dealkylation sites (tertiary alicyclic amines) is 1. The molecule has 3 aromatic rings. The first-order chi connectivity index (χ1) is 16.9. The summed E-state index contributed by atoms with van der Waals surface area (Å²) in [7, 11) is 0. The highest BCUT2D eigenvalue weighted by Crippen LogP contribution is 2.22. The molecular formula is C30H37ClN2O2. The lowest BCUT2D eigenvalue weighted by Gasteiger charge is -2.14. The first-order valence-electron chi connectivity index (χ1n) is 12.5. The molecule has 0 saturated carbocycles. The smallest absolute Gasteiger partial charge is 0.221 e. The van der Waals surface area contributed by atoms with Crippen molar-refractivity contribution in [3.05, 3.63) is 88.9 Å². The van der Waals surface area contributed by atoms with Gasteiger partial charge in [-0.1, -0.05) is 60.1 Å². The maximum atomic E-state index is 10.8. The van der Waals surface area contributed by atoms with Gasteiger partial charge in [-0.05, 0) is 106 Å². The van der Waals surface area contributed by atoms with E-state index in [1.54, 1.807) is 0 Å². The van der Waals surface area contributed by atoms with E-state index in [0.717, 1.165) is 27.5 Å². The Labute approximate surface area is 215 Å². The number of hydrogen-bond acceptors (Lipinski definition) is 3. The minimum Gasteiger partial charge on any atom is -0.491 e. The molecule has 0 unspecified atom stereocenters. The van der Waals surface area contributed by atoms with Crippen molar-refractivity contribution in [1.29, 1.82) is 0 Å². The molecule has 1 aliphatic heterocycles. The topological polar surface area (TPSA) is 55.6 Å². The maximum Gasteiger partial charge on any atom is 0.221 e. The van der Waals surface area contributed by atoms with Gasteiger partial charge in [-0.15, -0.1) is 0 Å². The van der Waals surface area contributed by atoms with Crippen molar-refractivity contribution in [3.8, 4) is 16.9 Å². The van der Waals surface area contributed by atoms with Gasteiger partial charge in [0.15, 0.2) is 0 Å². The fraction of sp³-hybridized carbons (Fsp3) is 0.367. The van der Waals surface area contributed by atoms with Crippen LogP contribution in [-0.4, -0.2) is 36.5 Å². The molecule has 1 saturated heterocycles. The van der Waals surface area contributed by atoms with Crippen LogP contribution in [0.1, 0.15) is 44.2 Å². The van der Waals surface area contributed by atoms with Crippen LogP contribution >= 0.6 is 11.6 Å². The number of halogens is 1. The van der Waals surface area contributed by atoms with E-state index in [-0.39, 0.29) is 18.4 Å². The van der Waals surface area contributed by atoms with Gasteiger partial charge in [0.1, 0.15) is 5.75 Å². The Morgan fingerprint density at radius 1 is 0.886 bits per heavy atom. The number of amides is 1. The fourth-order valence-corrected chi connectivity index (χ4v) is 4.30. The van der Waals surface area contributed by atoms with Gasteiger partial charge in [0.05, 0.1) is 12.5 Å². The van der Waals surface area contributed by atoms with E-state index in [1.165, 1.54) is 50.9 Å². The zero-order chi connectivity index (χ0) is 25.0. The van der Waals surface area contributed by atoms with E-state index >= 15 is 0 Å². The Morgan fingerprint density at radius 3 is 1.97 bits per heavy atom. The second-order valence-electron chi connectivity index (χ2n) is 9.31. The first-order valence-corrected chi connectivity index (χ1v) is 12.9. The standard InChI is InChI=1S/C16H25NO.C14H12ClNO/c1-14(2)18-16-9-7-15(8-10-16)6-5-13-17-11-3-4-12-17;15-13-7-5-12(6-8-13)11-3-1-10(2-4-11)9-14(16)17/h7-10,14H,3-6,11-13H2,1-2H3;1-8H,9H2,(H2,16,17). The molecule has 4 nitrogen and oxygen atoms in total. The van der Waals surface area contributed by atoms with Crippen LogP contribution in [0.3, 0.4) is 0 Å². The van der Waals surface area contributed by atoms with Gasteiger partial charge in [-0.2, -0.15) is 0 Å². The molecule has 1 amide bonds. The van der Waals surface area contributed by atoms with Gasteiger partial charge in [-0.25, -0.2) is 0 Å². The number of carbonyl (C=O) groups excluding carboxylic acids is 1. The van der Waals surface area contributed by atoms with Crippen LogP contribution in [0, 0.1) is 0 Å². The van der Waals surface area contributed by atoms with E-state index in [9.17, 15) is 4.79 Å². The highest BCUT2D eigenvalue weighted by atomic mass is 35.5. The van der Waals surface area contributed by atoms with Crippen LogP contribution < -0.4 is 10.5 Å². The quantitative estimate of drug-likeness (QED) is 0.369. The molecule has 0 atom stereocenters. The number of primary amides is 1. The molecule has 5 heteroatoms. The lowest BCUT2D eigenvalue weighted by atomic mass is 10.0. The van der Waals surface area contributed by atoms with E-state index in [0.29, 0.717) is 0 Å². The van der Waals surface area contributed by atoms with E-state index in [2.05, 4.69) is 43.0 Å². The van der Waals surface area contributed by atoms with Crippen LogP contribution in [0.25, 0.3) is 11.1 Å². The van der Waals surface area contributed by atoms with E-state index < -0.39 is 0 Å². The number of aryl methyl sites for hydroxylation is 1. The van der Waals surface area contributed by atoms with Gasteiger partial charge < -0.3 is 15.4 Å². The van der Waals surface area contributed by atoms with E-state index in [4.69, 9.17) is 22.1 Å². The minimum absolute atomic E-state index is 0.256. The van der Waals surface area contributed by atoms with Crippen LogP contribution in [-0.2, 0) is 17.6 Å². The molecule has 0 aliphatic carbocycles. The summed E-state index contributed by atoms with van der Waals surface area (Å²) in [6.45, 7) is 7.99. The van der Waals surface area contributed by atoms with Crippen molar-refractivity contribution >= 4 is 17.5 Å². The summed E-state index contributed by atoms with van der Waals surface area (Å²) in [5, 5.41) is 0.721. The van der Waals surface area contributed by atoms with Crippen molar-refractivity contribution < 1.29 is 9.53 Å². The van der Waals surface area contributed by atoms with Gasteiger partial charge >= 0.3 is 0 Å². The predicted octanol–water partition coefficient (Wildman–Crippen LogP) is 6.54. The highest BCUT2D eigenvalue weighted by molar-refractivity contribution is 6.30. The molecule has 0 aromatic heterocycles. The molecule has 1 heterocycles. The third-order valence-electron chi connectivity index (χ3n) is 5.94. The van der Waals surface area contributed by atoms with Gasteiger partial charge in [-0.3, -0.25) is 4.79 Å². The Balaban J connectivity index is 0.000000196. The first kappa shape index (κ1) is 26.8. The van der Waals surface area contributed by atoms with Gasteiger partial charge in [0, 0.05) is 5.02 Å². The largest absolute Gasteiger partial charge is 0.491 e. The number of carbonyl (C=O) groups is 1. The molecule has 3 aromatic carbocycles. The monoisotopic (exact) mass is 492 g/mol. The fourth-order valence-electron chi connectivity index (χ4n) is 4.18. The lowest BCUT2D eigenvalue weighted by molar-refractivity contribution is -0.117. The molecule has 4 rings (SSSR count). The zero-order valence-corrected chi connectivity index (χ0v) is 21.6. The Bertz CT molecular complexity index is 1030. The van der Waals surface area contributed by atoms with Crippen molar-refractivity contribution in [1.82, 2.24) is 4.90 Å². The van der Waals surface area contributed by atoms with Gasteiger partial charge in [0.25, 0.3) is 0 Å². The summed E-state index contributed by atoms with van der Waals surface area (Å²) in [6, 6.07) is 24.0. The second kappa shape index (κ2) is 13.9. The van der Waals surface area contributed by atoms with Crippen molar-refractivity contribution in [2.45, 2.75) is 52.1 Å². The predicted molar refractivity (Wildman–Crippen MR) is 146 cm³/mol. The number of benzene rings is 3. The summed E-state index contributed by atoms with van der Waals surface area (Å²) >= 11 is 5.83. The van der Waals surface area contributed by atoms with Crippen LogP contribution in [0.15, 0.2) is 72.8 Å². The van der Waals surface area contributed by atoms with Crippen molar-refractivity contribution in [2.24, 2.45) is 5.73 Å². The zero-order valence-electron chi connectivity index (χ0n) is 20.9. The average Bonchev–Trinajstić information content (AvgIpc) is 3.35. The maximum absolute atomic E-state index is 10.8. The minimum atomic E-state index is -0.316. The summed E-state index contributed by atoms with van der Waals surface area (Å²) in [5.41, 5.74) is 9.67. The Hall–Kier alpha value is -2.82. The third kappa shape index (κ3) is 9.75. The average molecular weight is 493 g/mol. The molecular weight excluding hydrogens is 456 g/mol. The third-order valence-corrected chi connectivity index (χ3v) is 6.20. The number of nitrogens with two attached hydrogens (primary N) is 1. The molecule has 0 radical (unpaired) electrons. The number of hydrogen-bond donors (Lipinski definition) is 1. The SMILES string of the molecule is CC(C)Oc1ccc(CCCN2CCCC2)cc1.NC(=O)Cc1ccc(-c2ccc(Cl)cc2)cc1. The number of nitrogens with zero attached hydrogens (tertiary/aromatic N) is 1. The summed E-state index contributed by atoms with van der Waals surface area (Å²) in [4.78, 5) is 13.3. The molecule has 1 aliphatic rings. The lowest BCUT2D eigenvalue weighted by Crippen LogP contribution is -2.20. The molecule has 0 bridgehead atoms. The van der Waals surface area contributed by atoms with Crippen molar-refractivity contribution in [3.63, 3.8) is 0 Å². The Morgan fingerprint density at radius 2 is 1.43 bits per heavy atom. The van der Waals surface area contributed by atoms with Crippen LogP contribution in [0.5, 0.6) is 5.75 Å². The molecule has 1 fully saturated rings. The van der Waals surface area contributed by atoms with Crippen LogP contribution in [0.4, 0.5) is 0 Å². The Kier molecular flexibility index (Phi) is 10.6. The summed E-state index contributed by atoms with van der Waals surface area (Å²) in [6.07, 6.45) is 5.76. The summed E-state index contributed by atoms with van der Waals surface area (Å²) in [5.74, 6) is 0.664. The normalized spacial score (nSPS) is 13.4. The van der Waals surface area contributed by atoms with Crippen molar-refractivity contribution in [2.75, 3.05) is 19.6 Å². The molecule has 186 valence electrons. The van der Waals surface area contributed by atoms with Crippen LogP contribution in [0.2, 0.25) is 5.02 Å². The summed E-state index contributed by atoms with van der Waals surface area (Å²) < 4.78 is 5.65.